The first kappa shape index (κ1) is 17.1. The molecular weight excluding hydrogens is 292 g/mol. The van der Waals surface area contributed by atoms with E-state index < -0.39 is 0 Å². The normalized spacial score (nSPS) is 16.7. The van der Waals surface area contributed by atoms with Gasteiger partial charge < -0.3 is 15.0 Å². The van der Waals surface area contributed by atoms with Gasteiger partial charge in [-0.2, -0.15) is 0 Å². The van der Waals surface area contributed by atoms with Gasteiger partial charge >= 0.3 is 0 Å². The Labute approximate surface area is 137 Å². The summed E-state index contributed by atoms with van der Waals surface area (Å²) >= 11 is 0. The van der Waals surface area contributed by atoms with Gasteiger partial charge in [-0.25, -0.2) is 0 Å². The van der Waals surface area contributed by atoms with Gasteiger partial charge in [0.05, 0.1) is 13.7 Å². The minimum atomic E-state index is -0.184. The number of hydrogen-bond acceptors (Lipinski definition) is 3. The van der Waals surface area contributed by atoms with Crippen LogP contribution in [0.25, 0.3) is 0 Å². The lowest BCUT2D eigenvalue weighted by atomic mass is 9.93. The number of carbonyl (C=O) groups excluding carboxylic acids is 2. The number of nitrogens with one attached hydrogen (secondary N) is 1. The highest BCUT2D eigenvalue weighted by Gasteiger charge is 2.24. The average molecular weight is 316 g/mol. The van der Waals surface area contributed by atoms with Gasteiger partial charge in [0.15, 0.2) is 0 Å². The molecule has 0 saturated heterocycles. The highest BCUT2D eigenvalue weighted by Crippen LogP contribution is 2.20. The standard InChI is InChI=1S/C18H24N2O3/c1-3-20(18(22)14-7-5-4-6-8-14)13-17(21)19-15-9-11-16(23-2)12-10-15/h4-5,9-12,14H,3,6-8,13H2,1-2H3,(H,19,21). The number of allylic oxidation sites excluding steroid dienone is 2. The molecule has 0 saturated carbocycles. The van der Waals surface area contributed by atoms with E-state index in [9.17, 15) is 9.59 Å². The molecule has 0 bridgehead atoms. The minimum Gasteiger partial charge on any atom is -0.497 e. The van der Waals surface area contributed by atoms with Crippen molar-refractivity contribution in [1.82, 2.24) is 4.90 Å². The van der Waals surface area contributed by atoms with E-state index in [2.05, 4.69) is 17.5 Å². The summed E-state index contributed by atoms with van der Waals surface area (Å²) in [7, 11) is 1.60. The molecule has 1 aliphatic carbocycles. The third-order valence-electron chi connectivity index (χ3n) is 4.02. The minimum absolute atomic E-state index is 0.00809. The van der Waals surface area contributed by atoms with Crippen molar-refractivity contribution in [2.24, 2.45) is 5.92 Å². The van der Waals surface area contributed by atoms with E-state index >= 15 is 0 Å². The molecule has 1 atom stereocenters. The molecule has 124 valence electrons. The second-order valence-corrected chi connectivity index (χ2v) is 5.61. The summed E-state index contributed by atoms with van der Waals surface area (Å²) in [5.41, 5.74) is 0.694. The average Bonchev–Trinajstić information content (AvgIpc) is 2.60. The van der Waals surface area contributed by atoms with Crippen molar-refractivity contribution in [3.63, 3.8) is 0 Å². The van der Waals surface area contributed by atoms with E-state index in [0.717, 1.165) is 25.0 Å². The van der Waals surface area contributed by atoms with Gasteiger partial charge in [0.1, 0.15) is 5.75 Å². The molecule has 2 rings (SSSR count). The van der Waals surface area contributed by atoms with Gasteiger partial charge in [-0.05, 0) is 50.5 Å². The topological polar surface area (TPSA) is 58.6 Å². The Morgan fingerprint density at radius 3 is 2.57 bits per heavy atom. The van der Waals surface area contributed by atoms with Gasteiger partial charge in [-0.1, -0.05) is 12.2 Å². The van der Waals surface area contributed by atoms with Crippen LogP contribution < -0.4 is 10.1 Å². The van der Waals surface area contributed by atoms with Crippen LogP contribution in [0.2, 0.25) is 0 Å². The molecule has 1 aromatic rings. The lowest BCUT2D eigenvalue weighted by molar-refractivity contribution is -0.138. The van der Waals surface area contributed by atoms with Crippen molar-refractivity contribution < 1.29 is 14.3 Å². The molecular formula is C18H24N2O3. The monoisotopic (exact) mass is 316 g/mol. The van der Waals surface area contributed by atoms with Crippen molar-refractivity contribution in [3.05, 3.63) is 36.4 Å². The van der Waals surface area contributed by atoms with Gasteiger partial charge in [0.25, 0.3) is 0 Å². The smallest absolute Gasteiger partial charge is 0.243 e. The number of anilines is 1. The summed E-state index contributed by atoms with van der Waals surface area (Å²) in [4.78, 5) is 26.3. The number of nitrogens with zero attached hydrogens (tertiary/aromatic N) is 1. The maximum absolute atomic E-state index is 12.5. The summed E-state index contributed by atoms with van der Waals surface area (Å²) in [6.45, 7) is 2.52. The van der Waals surface area contributed by atoms with Crippen LogP contribution >= 0.6 is 0 Å². The molecule has 1 aliphatic rings. The first-order valence-corrected chi connectivity index (χ1v) is 8.01. The van der Waals surface area contributed by atoms with Gasteiger partial charge in [-0.3, -0.25) is 9.59 Å². The molecule has 5 nitrogen and oxygen atoms in total. The molecule has 0 aliphatic heterocycles. The van der Waals surface area contributed by atoms with Crippen LogP contribution in [0, 0.1) is 5.92 Å². The van der Waals surface area contributed by atoms with Crippen LogP contribution in [0.3, 0.4) is 0 Å². The van der Waals surface area contributed by atoms with Crippen LogP contribution in [-0.4, -0.2) is 36.9 Å². The lowest BCUT2D eigenvalue weighted by Crippen LogP contribution is -2.41. The number of methoxy groups -OCH3 is 1. The molecule has 23 heavy (non-hydrogen) atoms. The molecule has 0 radical (unpaired) electrons. The van der Waals surface area contributed by atoms with Crippen molar-refractivity contribution in [3.8, 4) is 5.75 Å². The Kier molecular flexibility index (Phi) is 6.20. The summed E-state index contributed by atoms with van der Waals surface area (Å²) in [5, 5.41) is 2.81. The molecule has 2 amide bonds. The zero-order chi connectivity index (χ0) is 16.7. The van der Waals surface area contributed by atoms with Crippen LogP contribution in [0.15, 0.2) is 36.4 Å². The highest BCUT2D eigenvalue weighted by atomic mass is 16.5. The molecule has 5 heteroatoms. The van der Waals surface area contributed by atoms with E-state index in [1.165, 1.54) is 0 Å². The third-order valence-corrected chi connectivity index (χ3v) is 4.02. The van der Waals surface area contributed by atoms with Crippen LogP contribution in [0.4, 0.5) is 5.69 Å². The Bertz CT molecular complexity index is 566. The molecule has 0 spiro atoms. The number of likely N-dealkylation sites (N-methyl/N-ethyl adjacent to an activating group) is 1. The van der Waals surface area contributed by atoms with Gasteiger partial charge in [0, 0.05) is 18.2 Å². The molecule has 0 fully saturated rings. The SMILES string of the molecule is CCN(CC(=O)Nc1ccc(OC)cc1)C(=O)C1CC=CCC1. The fourth-order valence-corrected chi connectivity index (χ4v) is 2.67. The van der Waals surface area contributed by atoms with E-state index in [0.29, 0.717) is 12.2 Å². The van der Waals surface area contributed by atoms with E-state index in [-0.39, 0.29) is 24.3 Å². The first-order chi connectivity index (χ1) is 11.1. The third kappa shape index (κ3) is 4.84. The number of ether oxygens (including phenoxy) is 1. The Hall–Kier alpha value is -2.30. The Morgan fingerprint density at radius 1 is 1.26 bits per heavy atom. The second-order valence-electron chi connectivity index (χ2n) is 5.61. The first-order valence-electron chi connectivity index (χ1n) is 8.01. The summed E-state index contributed by atoms with van der Waals surface area (Å²) in [6, 6.07) is 7.13. The largest absolute Gasteiger partial charge is 0.497 e. The molecule has 0 heterocycles. The van der Waals surface area contributed by atoms with E-state index in [4.69, 9.17) is 4.74 Å². The maximum Gasteiger partial charge on any atom is 0.243 e. The summed E-state index contributed by atoms with van der Waals surface area (Å²) < 4.78 is 5.08. The number of amides is 2. The zero-order valence-electron chi connectivity index (χ0n) is 13.7. The van der Waals surface area contributed by atoms with Crippen LogP contribution in [0.5, 0.6) is 5.75 Å². The van der Waals surface area contributed by atoms with Crippen molar-refractivity contribution in [2.75, 3.05) is 25.5 Å². The lowest BCUT2D eigenvalue weighted by Gasteiger charge is -2.26. The number of carbonyl (C=O) groups is 2. The van der Waals surface area contributed by atoms with E-state index in [1.807, 2.05) is 6.92 Å². The van der Waals surface area contributed by atoms with Crippen molar-refractivity contribution >= 4 is 17.5 Å². The number of benzene rings is 1. The molecule has 1 aromatic carbocycles. The number of hydrogen-bond donors (Lipinski definition) is 1. The molecule has 1 N–H and O–H groups in total. The zero-order valence-corrected chi connectivity index (χ0v) is 13.7. The fourth-order valence-electron chi connectivity index (χ4n) is 2.67. The second kappa shape index (κ2) is 8.36. The van der Waals surface area contributed by atoms with Crippen molar-refractivity contribution in [2.45, 2.75) is 26.2 Å². The van der Waals surface area contributed by atoms with Crippen molar-refractivity contribution in [1.29, 1.82) is 0 Å². The summed E-state index contributed by atoms with van der Waals surface area (Å²) in [5.74, 6) is 0.630. The summed E-state index contributed by atoms with van der Waals surface area (Å²) in [6.07, 6.45) is 6.74. The Morgan fingerprint density at radius 2 is 2.00 bits per heavy atom. The quantitative estimate of drug-likeness (QED) is 0.821. The van der Waals surface area contributed by atoms with Gasteiger partial charge in [-0.15, -0.1) is 0 Å². The predicted molar refractivity (Wildman–Crippen MR) is 90.4 cm³/mol. The van der Waals surface area contributed by atoms with Crippen LogP contribution in [-0.2, 0) is 9.59 Å². The fraction of sp³-hybridized carbons (Fsp3) is 0.444. The molecule has 1 unspecified atom stereocenters. The van der Waals surface area contributed by atoms with E-state index in [1.54, 1.807) is 36.3 Å². The molecule has 0 aromatic heterocycles. The van der Waals surface area contributed by atoms with Crippen LogP contribution in [0.1, 0.15) is 26.2 Å². The van der Waals surface area contributed by atoms with Gasteiger partial charge in [0.2, 0.25) is 11.8 Å². The maximum atomic E-state index is 12.5. The Balaban J connectivity index is 1.90. The highest BCUT2D eigenvalue weighted by molar-refractivity contribution is 5.94. The number of rotatable bonds is 6. The predicted octanol–water partition coefficient (Wildman–Crippen LogP) is 2.84.